The predicted octanol–water partition coefficient (Wildman–Crippen LogP) is 1.94. The Bertz CT molecular complexity index is 1090. The second-order valence-corrected chi connectivity index (χ2v) is 7.01. The molecule has 1 aliphatic rings. The van der Waals surface area contributed by atoms with Gasteiger partial charge in [0.15, 0.2) is 0 Å². The molecule has 6 nitrogen and oxygen atoms in total. The van der Waals surface area contributed by atoms with Gasteiger partial charge in [0.2, 0.25) is 0 Å². The smallest absolute Gasteiger partial charge is 0.337 e. The average Bonchev–Trinajstić information content (AvgIpc) is 2.59. The standard InChI is InChI=1S/C19H19N3O3/c1-19(2)10-15-12(11-25-19)9-14-16(20-15)21(3)18(24)22(17(14)23)13-7-5-4-6-8-13/h4-9H,10-11H2,1-3H3. The van der Waals surface area contributed by atoms with Crippen LogP contribution in [0.25, 0.3) is 16.7 Å². The van der Waals surface area contributed by atoms with E-state index in [2.05, 4.69) is 4.98 Å². The first-order valence-corrected chi connectivity index (χ1v) is 8.21. The summed E-state index contributed by atoms with van der Waals surface area (Å²) in [6.07, 6.45) is 0.647. The molecule has 0 saturated heterocycles. The first-order chi connectivity index (χ1) is 11.9. The lowest BCUT2D eigenvalue weighted by molar-refractivity contribution is -0.0411. The average molecular weight is 337 g/mol. The van der Waals surface area contributed by atoms with Crippen LogP contribution < -0.4 is 11.2 Å². The van der Waals surface area contributed by atoms with E-state index in [4.69, 9.17) is 4.74 Å². The molecule has 1 aliphatic heterocycles. The quantitative estimate of drug-likeness (QED) is 0.681. The number of rotatable bonds is 1. The lowest BCUT2D eigenvalue weighted by Crippen LogP contribution is -2.39. The number of nitrogens with zero attached hydrogens (tertiary/aromatic N) is 3. The molecule has 0 spiro atoms. The van der Waals surface area contributed by atoms with E-state index in [-0.39, 0.29) is 11.2 Å². The highest BCUT2D eigenvalue weighted by atomic mass is 16.5. The van der Waals surface area contributed by atoms with Crippen molar-refractivity contribution < 1.29 is 4.74 Å². The summed E-state index contributed by atoms with van der Waals surface area (Å²) >= 11 is 0. The molecule has 1 aromatic carbocycles. The van der Waals surface area contributed by atoms with Crippen molar-refractivity contribution in [2.24, 2.45) is 7.05 Å². The minimum Gasteiger partial charge on any atom is -0.370 e. The fourth-order valence-corrected chi connectivity index (χ4v) is 3.25. The molecule has 0 fully saturated rings. The summed E-state index contributed by atoms with van der Waals surface area (Å²) < 4.78 is 8.45. The van der Waals surface area contributed by atoms with E-state index in [1.807, 2.05) is 26.0 Å². The molecule has 0 N–H and O–H groups in total. The van der Waals surface area contributed by atoms with Gasteiger partial charge in [-0.2, -0.15) is 0 Å². The second-order valence-electron chi connectivity index (χ2n) is 7.01. The molecule has 6 heteroatoms. The largest absolute Gasteiger partial charge is 0.370 e. The number of aryl methyl sites for hydroxylation is 1. The van der Waals surface area contributed by atoms with Crippen LogP contribution in [0.3, 0.4) is 0 Å². The zero-order valence-electron chi connectivity index (χ0n) is 14.4. The molecule has 4 rings (SSSR count). The summed E-state index contributed by atoms with van der Waals surface area (Å²) in [4.78, 5) is 30.4. The molecule has 128 valence electrons. The third kappa shape index (κ3) is 2.49. The van der Waals surface area contributed by atoms with Gasteiger partial charge in [0.1, 0.15) is 5.65 Å². The van der Waals surface area contributed by atoms with Crippen molar-refractivity contribution in [3.8, 4) is 5.69 Å². The van der Waals surface area contributed by atoms with Gasteiger partial charge in [-0.1, -0.05) is 18.2 Å². The van der Waals surface area contributed by atoms with Crippen LogP contribution in [0.4, 0.5) is 0 Å². The Morgan fingerprint density at radius 1 is 1.16 bits per heavy atom. The van der Waals surface area contributed by atoms with E-state index in [9.17, 15) is 9.59 Å². The van der Waals surface area contributed by atoms with Crippen LogP contribution in [-0.2, 0) is 24.8 Å². The van der Waals surface area contributed by atoms with E-state index in [0.717, 1.165) is 11.3 Å². The van der Waals surface area contributed by atoms with Gasteiger partial charge in [0.05, 0.1) is 29.0 Å². The Kier molecular flexibility index (Phi) is 3.40. The van der Waals surface area contributed by atoms with Crippen molar-refractivity contribution in [1.29, 1.82) is 0 Å². The van der Waals surface area contributed by atoms with Gasteiger partial charge in [-0.25, -0.2) is 14.3 Å². The number of ether oxygens (including phenoxy) is 1. The summed E-state index contributed by atoms with van der Waals surface area (Å²) in [5.74, 6) is 0. The third-order valence-corrected chi connectivity index (χ3v) is 4.63. The molecular weight excluding hydrogens is 318 g/mol. The predicted molar refractivity (Wildman–Crippen MR) is 95.2 cm³/mol. The summed E-state index contributed by atoms with van der Waals surface area (Å²) in [5, 5.41) is 0.424. The van der Waals surface area contributed by atoms with Crippen LogP contribution in [0, 0.1) is 0 Å². The Morgan fingerprint density at radius 2 is 1.88 bits per heavy atom. The highest BCUT2D eigenvalue weighted by Gasteiger charge is 2.28. The Morgan fingerprint density at radius 3 is 2.60 bits per heavy atom. The number of fused-ring (bicyclic) bond motifs is 2. The zero-order valence-corrected chi connectivity index (χ0v) is 14.4. The fraction of sp³-hybridized carbons (Fsp3) is 0.316. The lowest BCUT2D eigenvalue weighted by atomic mass is 9.95. The Labute approximate surface area is 144 Å². The highest BCUT2D eigenvalue weighted by molar-refractivity contribution is 5.75. The minimum atomic E-state index is -0.400. The number of hydrogen-bond donors (Lipinski definition) is 0. The summed E-state index contributed by atoms with van der Waals surface area (Å²) in [7, 11) is 1.65. The van der Waals surface area contributed by atoms with Gasteiger partial charge in [0, 0.05) is 19.0 Å². The molecule has 0 unspecified atom stereocenters. The SMILES string of the molecule is Cn1c(=O)n(-c2ccccc2)c(=O)c2cc3c(nc21)CC(C)(C)OC3. The van der Waals surface area contributed by atoms with Crippen LogP contribution in [-0.4, -0.2) is 19.7 Å². The molecule has 3 aromatic rings. The molecular formula is C19H19N3O3. The van der Waals surface area contributed by atoms with Gasteiger partial charge in [-0.15, -0.1) is 0 Å². The molecule has 0 radical (unpaired) electrons. The molecule has 2 aromatic heterocycles. The van der Waals surface area contributed by atoms with Crippen molar-refractivity contribution in [2.75, 3.05) is 0 Å². The minimum absolute atomic E-state index is 0.300. The first-order valence-electron chi connectivity index (χ1n) is 8.21. The molecule has 0 atom stereocenters. The normalized spacial score (nSPS) is 16.0. The summed E-state index contributed by atoms with van der Waals surface area (Å²) in [5.41, 5.74) is 1.69. The molecule has 0 saturated carbocycles. The molecule has 3 heterocycles. The van der Waals surface area contributed by atoms with Crippen LogP contribution in [0.1, 0.15) is 25.1 Å². The molecule has 0 bridgehead atoms. The third-order valence-electron chi connectivity index (χ3n) is 4.63. The van der Waals surface area contributed by atoms with Gasteiger partial charge in [-0.3, -0.25) is 9.36 Å². The zero-order chi connectivity index (χ0) is 17.8. The number of para-hydroxylation sites is 1. The molecule has 0 aliphatic carbocycles. The van der Waals surface area contributed by atoms with Crippen LogP contribution >= 0.6 is 0 Å². The number of hydrogen-bond acceptors (Lipinski definition) is 4. The number of pyridine rings is 1. The summed E-state index contributed by atoms with van der Waals surface area (Å²) in [6, 6.07) is 10.7. The van der Waals surface area contributed by atoms with Gasteiger partial charge >= 0.3 is 5.69 Å². The Balaban J connectivity index is 2.04. The lowest BCUT2D eigenvalue weighted by Gasteiger charge is -2.31. The van der Waals surface area contributed by atoms with Crippen molar-refractivity contribution in [3.05, 3.63) is 68.5 Å². The van der Waals surface area contributed by atoms with E-state index in [0.29, 0.717) is 29.7 Å². The number of aromatic nitrogens is 3. The number of benzene rings is 1. The Hall–Kier alpha value is -2.73. The second kappa shape index (κ2) is 5.39. The monoisotopic (exact) mass is 337 g/mol. The van der Waals surface area contributed by atoms with E-state index >= 15 is 0 Å². The van der Waals surface area contributed by atoms with Gasteiger partial charge < -0.3 is 4.74 Å². The van der Waals surface area contributed by atoms with Crippen LogP contribution in [0.15, 0.2) is 46.0 Å². The van der Waals surface area contributed by atoms with Gasteiger partial charge in [0.25, 0.3) is 5.56 Å². The topological polar surface area (TPSA) is 66.1 Å². The fourth-order valence-electron chi connectivity index (χ4n) is 3.25. The maximum atomic E-state index is 13.0. The van der Waals surface area contributed by atoms with Crippen molar-refractivity contribution in [3.63, 3.8) is 0 Å². The van der Waals surface area contributed by atoms with E-state index in [1.54, 1.807) is 31.3 Å². The van der Waals surface area contributed by atoms with Crippen LogP contribution in [0.2, 0.25) is 0 Å². The molecule has 0 amide bonds. The van der Waals surface area contributed by atoms with E-state index in [1.165, 1.54) is 9.13 Å². The van der Waals surface area contributed by atoms with Crippen molar-refractivity contribution >= 4 is 11.0 Å². The van der Waals surface area contributed by atoms with Gasteiger partial charge in [-0.05, 0) is 32.0 Å². The van der Waals surface area contributed by atoms with Crippen molar-refractivity contribution in [1.82, 2.24) is 14.1 Å². The first kappa shape index (κ1) is 15.8. The summed E-state index contributed by atoms with van der Waals surface area (Å²) in [6.45, 7) is 4.43. The highest BCUT2D eigenvalue weighted by Crippen LogP contribution is 2.27. The molecule has 25 heavy (non-hydrogen) atoms. The van der Waals surface area contributed by atoms with Crippen molar-refractivity contribution in [2.45, 2.75) is 32.5 Å². The maximum Gasteiger partial charge on any atom is 0.337 e. The maximum absolute atomic E-state index is 13.0. The van der Waals surface area contributed by atoms with E-state index < -0.39 is 5.69 Å². The van der Waals surface area contributed by atoms with Crippen LogP contribution in [0.5, 0.6) is 0 Å².